The molecule has 3 nitrogen and oxygen atoms in total. The number of amides is 1. The molecule has 1 aliphatic heterocycles. The topological polar surface area (TPSA) is 32.3 Å². The second-order valence-corrected chi connectivity index (χ2v) is 9.36. The van der Waals surface area contributed by atoms with Crippen LogP contribution in [0.25, 0.3) is 0 Å². The van der Waals surface area contributed by atoms with E-state index in [9.17, 15) is 4.79 Å². The fourth-order valence-electron chi connectivity index (χ4n) is 3.90. The number of nitrogens with zero attached hydrogens (tertiary/aromatic N) is 1. The molecule has 24 heavy (non-hydrogen) atoms. The molecule has 136 valence electrons. The zero-order chi connectivity index (χ0) is 16.6. The first kappa shape index (κ1) is 19.7. The van der Waals surface area contributed by atoms with E-state index in [4.69, 9.17) is 0 Å². The van der Waals surface area contributed by atoms with Crippen LogP contribution in [-0.2, 0) is 12.8 Å². The monoisotopic (exact) mass is 370 g/mol. The van der Waals surface area contributed by atoms with Crippen LogP contribution in [0.2, 0.25) is 0 Å². The second kappa shape index (κ2) is 7.76. The predicted molar refractivity (Wildman–Crippen MR) is 105 cm³/mol. The predicted octanol–water partition coefficient (Wildman–Crippen LogP) is 4.14. The van der Waals surface area contributed by atoms with Crippen LogP contribution in [0.1, 0.15) is 60.1 Å². The Labute approximate surface area is 156 Å². The summed E-state index contributed by atoms with van der Waals surface area (Å²) in [4.78, 5) is 17.3. The lowest BCUT2D eigenvalue weighted by molar-refractivity contribution is 0.0712. The summed E-state index contributed by atoms with van der Waals surface area (Å²) in [6.07, 6.45) is 5.69. The number of likely N-dealkylation sites (tertiary alicyclic amines) is 1. The zero-order valence-electron chi connectivity index (χ0n) is 15.4. The maximum atomic E-state index is 12.8. The Hall–Kier alpha value is -0.580. The first-order valence-electron chi connectivity index (χ1n) is 8.96. The molecule has 0 bridgehead atoms. The van der Waals surface area contributed by atoms with Gasteiger partial charge in [-0.25, -0.2) is 0 Å². The molecular formula is C19H31ClN2OS. The normalized spacial score (nSPS) is 22.0. The van der Waals surface area contributed by atoms with Gasteiger partial charge < -0.3 is 10.2 Å². The molecule has 1 atom stereocenters. The molecule has 1 N–H and O–H groups in total. The van der Waals surface area contributed by atoms with Crippen LogP contribution < -0.4 is 5.32 Å². The molecule has 1 saturated heterocycles. The highest BCUT2D eigenvalue weighted by Crippen LogP contribution is 2.40. The van der Waals surface area contributed by atoms with Crippen LogP contribution in [0.4, 0.5) is 0 Å². The average Bonchev–Trinajstić information content (AvgIpc) is 2.96. The molecule has 1 aromatic rings. The molecule has 1 aromatic heterocycles. The highest BCUT2D eigenvalue weighted by atomic mass is 35.5. The molecular weight excluding hydrogens is 340 g/mol. The highest BCUT2D eigenvalue weighted by Gasteiger charge is 2.31. The van der Waals surface area contributed by atoms with Gasteiger partial charge in [0.15, 0.2) is 0 Å². The van der Waals surface area contributed by atoms with E-state index >= 15 is 0 Å². The SMILES string of the molecule is CNC1CCN(C(=O)c2cc3c(s2)CCC(C(C)(C)C)C3)CC1.Cl. The lowest BCUT2D eigenvalue weighted by Crippen LogP contribution is -2.43. The van der Waals surface area contributed by atoms with E-state index in [1.165, 1.54) is 16.9 Å². The van der Waals surface area contributed by atoms with Gasteiger partial charge >= 0.3 is 0 Å². The van der Waals surface area contributed by atoms with Crippen molar-refractivity contribution < 1.29 is 4.79 Å². The van der Waals surface area contributed by atoms with Gasteiger partial charge in [-0.3, -0.25) is 4.79 Å². The minimum Gasteiger partial charge on any atom is -0.338 e. The van der Waals surface area contributed by atoms with Crippen molar-refractivity contribution in [2.75, 3.05) is 20.1 Å². The summed E-state index contributed by atoms with van der Waals surface area (Å²) in [5.74, 6) is 0.991. The Morgan fingerprint density at radius 2 is 1.92 bits per heavy atom. The van der Waals surface area contributed by atoms with Crippen molar-refractivity contribution in [2.45, 2.75) is 58.9 Å². The van der Waals surface area contributed by atoms with Crippen molar-refractivity contribution in [3.8, 4) is 0 Å². The van der Waals surface area contributed by atoms with Gasteiger partial charge in [-0.2, -0.15) is 0 Å². The van der Waals surface area contributed by atoms with Crippen LogP contribution >= 0.6 is 23.7 Å². The summed E-state index contributed by atoms with van der Waals surface area (Å²) in [5, 5.41) is 3.33. The summed E-state index contributed by atoms with van der Waals surface area (Å²) < 4.78 is 0. The summed E-state index contributed by atoms with van der Waals surface area (Å²) in [7, 11) is 2.01. The standard InChI is InChI=1S/C19H30N2OS.ClH/c1-19(2,3)14-5-6-16-13(11-14)12-17(23-16)18(22)21-9-7-15(20-4)8-10-21;/h12,14-15,20H,5-11H2,1-4H3;1H. The zero-order valence-corrected chi connectivity index (χ0v) is 17.0. The summed E-state index contributed by atoms with van der Waals surface area (Å²) in [5.41, 5.74) is 1.80. The van der Waals surface area contributed by atoms with Crippen molar-refractivity contribution in [3.05, 3.63) is 21.4 Å². The number of piperidine rings is 1. The third-order valence-electron chi connectivity index (χ3n) is 5.71. The van der Waals surface area contributed by atoms with Gasteiger partial charge in [0.2, 0.25) is 0 Å². The van der Waals surface area contributed by atoms with E-state index in [0.717, 1.165) is 49.6 Å². The Bertz CT molecular complexity index is 570. The minimum atomic E-state index is 0. The molecule has 0 saturated carbocycles. The van der Waals surface area contributed by atoms with Crippen LogP contribution in [-0.4, -0.2) is 37.0 Å². The number of hydrogen-bond donors (Lipinski definition) is 1. The fraction of sp³-hybridized carbons (Fsp3) is 0.737. The van der Waals surface area contributed by atoms with E-state index in [1.807, 2.05) is 11.9 Å². The number of carbonyl (C=O) groups is 1. The highest BCUT2D eigenvalue weighted by molar-refractivity contribution is 7.14. The van der Waals surface area contributed by atoms with Gasteiger partial charge in [0.25, 0.3) is 5.91 Å². The third kappa shape index (κ3) is 4.14. The number of nitrogens with one attached hydrogen (secondary N) is 1. The summed E-state index contributed by atoms with van der Waals surface area (Å²) in [6, 6.07) is 2.77. The maximum Gasteiger partial charge on any atom is 0.263 e. The van der Waals surface area contributed by atoms with Crippen molar-refractivity contribution >= 4 is 29.7 Å². The first-order chi connectivity index (χ1) is 10.9. The van der Waals surface area contributed by atoms with Gasteiger partial charge in [0.05, 0.1) is 4.88 Å². The molecule has 0 spiro atoms. The molecule has 1 fully saturated rings. The molecule has 5 heteroatoms. The number of fused-ring (bicyclic) bond motifs is 1. The van der Waals surface area contributed by atoms with Crippen molar-refractivity contribution in [2.24, 2.45) is 11.3 Å². The molecule has 3 rings (SSSR count). The smallest absolute Gasteiger partial charge is 0.263 e. The van der Waals surface area contributed by atoms with E-state index in [0.29, 0.717) is 11.5 Å². The Kier molecular flexibility index (Phi) is 6.38. The number of aryl methyl sites for hydroxylation is 1. The number of carbonyl (C=O) groups excluding carboxylic acids is 1. The van der Waals surface area contributed by atoms with Crippen molar-refractivity contribution in [1.29, 1.82) is 0 Å². The van der Waals surface area contributed by atoms with E-state index < -0.39 is 0 Å². The quantitative estimate of drug-likeness (QED) is 0.848. The Balaban J connectivity index is 0.00000208. The summed E-state index contributed by atoms with van der Waals surface area (Å²) in [6.45, 7) is 8.79. The van der Waals surface area contributed by atoms with Crippen LogP contribution in [0.5, 0.6) is 0 Å². The van der Waals surface area contributed by atoms with Gasteiger partial charge in [-0.05, 0) is 62.1 Å². The number of hydrogen-bond acceptors (Lipinski definition) is 3. The molecule has 1 amide bonds. The van der Waals surface area contributed by atoms with Gasteiger partial charge in [0, 0.05) is 24.0 Å². The number of thiophene rings is 1. The number of rotatable bonds is 2. The van der Waals surface area contributed by atoms with Gasteiger partial charge in [-0.15, -0.1) is 23.7 Å². The Morgan fingerprint density at radius 3 is 2.50 bits per heavy atom. The molecule has 2 aliphatic rings. The average molecular weight is 371 g/mol. The lowest BCUT2D eigenvalue weighted by Gasteiger charge is -2.33. The minimum absolute atomic E-state index is 0. The molecule has 1 unspecified atom stereocenters. The van der Waals surface area contributed by atoms with E-state index in [-0.39, 0.29) is 18.3 Å². The van der Waals surface area contributed by atoms with Crippen LogP contribution in [0, 0.1) is 11.3 Å². The molecule has 2 heterocycles. The van der Waals surface area contributed by atoms with Crippen molar-refractivity contribution in [1.82, 2.24) is 10.2 Å². The van der Waals surface area contributed by atoms with Crippen LogP contribution in [0.3, 0.4) is 0 Å². The largest absolute Gasteiger partial charge is 0.338 e. The second-order valence-electron chi connectivity index (χ2n) is 8.22. The summed E-state index contributed by atoms with van der Waals surface area (Å²) >= 11 is 1.75. The maximum absolute atomic E-state index is 12.8. The molecule has 0 radical (unpaired) electrons. The lowest BCUT2D eigenvalue weighted by atomic mass is 9.72. The first-order valence-corrected chi connectivity index (χ1v) is 9.78. The van der Waals surface area contributed by atoms with E-state index in [1.54, 1.807) is 11.3 Å². The molecule has 0 aromatic carbocycles. The van der Waals surface area contributed by atoms with Gasteiger partial charge in [0.1, 0.15) is 0 Å². The molecule has 1 aliphatic carbocycles. The van der Waals surface area contributed by atoms with Crippen molar-refractivity contribution in [3.63, 3.8) is 0 Å². The number of halogens is 1. The Morgan fingerprint density at radius 1 is 1.25 bits per heavy atom. The van der Waals surface area contributed by atoms with Crippen LogP contribution in [0.15, 0.2) is 6.07 Å². The van der Waals surface area contributed by atoms with E-state index in [2.05, 4.69) is 32.2 Å². The third-order valence-corrected chi connectivity index (χ3v) is 6.93. The fourth-order valence-corrected chi connectivity index (χ4v) is 5.07. The van der Waals surface area contributed by atoms with Gasteiger partial charge in [-0.1, -0.05) is 20.8 Å².